The Balaban J connectivity index is 1.96. The fourth-order valence-corrected chi connectivity index (χ4v) is 2.35. The van der Waals surface area contributed by atoms with Gasteiger partial charge in [-0.15, -0.1) is 0 Å². The lowest BCUT2D eigenvalue weighted by atomic mass is 10.0. The lowest BCUT2D eigenvalue weighted by molar-refractivity contribution is 0.185. The first-order chi connectivity index (χ1) is 10.2. The van der Waals surface area contributed by atoms with E-state index in [0.717, 1.165) is 12.1 Å². The van der Waals surface area contributed by atoms with Gasteiger partial charge in [0, 0.05) is 19.7 Å². The third-order valence-corrected chi connectivity index (χ3v) is 3.55. The normalized spacial score (nSPS) is 12.3. The summed E-state index contributed by atoms with van der Waals surface area (Å²) in [6.45, 7) is 3.67. The van der Waals surface area contributed by atoms with Crippen LogP contribution in [-0.2, 0) is 24.5 Å². The van der Waals surface area contributed by atoms with Crippen molar-refractivity contribution in [3.05, 3.63) is 70.8 Å². The molecule has 0 amide bonds. The maximum absolute atomic E-state index is 9.20. The first kappa shape index (κ1) is 15.7. The predicted octanol–water partition coefficient (Wildman–Crippen LogP) is 3.18. The number of hydrogen-bond donors (Lipinski definition) is 2. The number of methoxy groups -OCH3 is 1. The van der Waals surface area contributed by atoms with Crippen LogP contribution in [0.2, 0.25) is 0 Å². The van der Waals surface area contributed by atoms with Crippen molar-refractivity contribution in [2.24, 2.45) is 0 Å². The van der Waals surface area contributed by atoms with Crippen LogP contribution in [-0.4, -0.2) is 12.2 Å². The van der Waals surface area contributed by atoms with Gasteiger partial charge in [-0.2, -0.15) is 0 Å². The van der Waals surface area contributed by atoms with E-state index in [1.807, 2.05) is 18.2 Å². The molecule has 0 bridgehead atoms. The summed E-state index contributed by atoms with van der Waals surface area (Å²) in [6, 6.07) is 16.7. The van der Waals surface area contributed by atoms with E-state index in [0.29, 0.717) is 6.61 Å². The number of aliphatic hydroxyl groups excluding tert-OH is 1. The Morgan fingerprint density at radius 1 is 1.05 bits per heavy atom. The van der Waals surface area contributed by atoms with E-state index in [2.05, 4.69) is 42.6 Å². The van der Waals surface area contributed by atoms with Crippen molar-refractivity contribution >= 4 is 0 Å². The number of aliphatic hydroxyl groups is 1. The molecule has 3 heteroatoms. The molecule has 0 fully saturated rings. The van der Waals surface area contributed by atoms with Crippen LogP contribution >= 0.6 is 0 Å². The van der Waals surface area contributed by atoms with E-state index in [1.54, 1.807) is 7.11 Å². The van der Waals surface area contributed by atoms with Crippen LogP contribution < -0.4 is 5.32 Å². The van der Waals surface area contributed by atoms with Gasteiger partial charge in [-0.3, -0.25) is 0 Å². The summed E-state index contributed by atoms with van der Waals surface area (Å²) in [5, 5.41) is 12.7. The average molecular weight is 285 g/mol. The van der Waals surface area contributed by atoms with Crippen LogP contribution in [0.4, 0.5) is 0 Å². The van der Waals surface area contributed by atoms with Crippen LogP contribution in [0.5, 0.6) is 0 Å². The molecule has 0 aromatic heterocycles. The largest absolute Gasteiger partial charge is 0.392 e. The van der Waals surface area contributed by atoms with Gasteiger partial charge in [0.05, 0.1) is 13.2 Å². The molecular weight excluding hydrogens is 262 g/mol. The van der Waals surface area contributed by atoms with Crippen molar-refractivity contribution in [1.29, 1.82) is 0 Å². The molecule has 2 aromatic rings. The number of hydrogen-bond acceptors (Lipinski definition) is 3. The first-order valence-electron chi connectivity index (χ1n) is 7.22. The minimum Gasteiger partial charge on any atom is -0.392 e. The van der Waals surface area contributed by atoms with E-state index in [4.69, 9.17) is 4.74 Å². The van der Waals surface area contributed by atoms with Gasteiger partial charge < -0.3 is 15.2 Å². The highest BCUT2D eigenvalue weighted by atomic mass is 16.5. The average Bonchev–Trinajstić information content (AvgIpc) is 2.53. The zero-order valence-corrected chi connectivity index (χ0v) is 12.7. The van der Waals surface area contributed by atoms with Crippen molar-refractivity contribution < 1.29 is 9.84 Å². The molecule has 0 radical (unpaired) electrons. The van der Waals surface area contributed by atoms with Crippen molar-refractivity contribution in [2.75, 3.05) is 7.11 Å². The van der Waals surface area contributed by atoms with Crippen molar-refractivity contribution in [2.45, 2.75) is 32.7 Å². The maximum atomic E-state index is 9.20. The van der Waals surface area contributed by atoms with Crippen LogP contribution in [0.25, 0.3) is 0 Å². The Kier molecular flexibility index (Phi) is 5.93. The summed E-state index contributed by atoms with van der Waals surface area (Å²) in [5.74, 6) is 0. The van der Waals surface area contributed by atoms with Gasteiger partial charge in [-0.1, -0.05) is 48.5 Å². The Morgan fingerprint density at radius 2 is 1.76 bits per heavy atom. The Bertz CT molecular complexity index is 569. The molecule has 0 saturated heterocycles. The monoisotopic (exact) mass is 285 g/mol. The van der Waals surface area contributed by atoms with Gasteiger partial charge in [-0.05, 0) is 29.2 Å². The molecule has 0 aliphatic carbocycles. The summed E-state index contributed by atoms with van der Waals surface area (Å²) in [7, 11) is 1.71. The fraction of sp³-hybridized carbons (Fsp3) is 0.333. The lowest BCUT2D eigenvalue weighted by Crippen LogP contribution is -2.18. The molecule has 0 aliphatic heterocycles. The number of nitrogens with one attached hydrogen (secondary N) is 1. The van der Waals surface area contributed by atoms with Gasteiger partial charge in [-0.25, -0.2) is 0 Å². The van der Waals surface area contributed by atoms with E-state index in [9.17, 15) is 5.11 Å². The second kappa shape index (κ2) is 7.93. The highest BCUT2D eigenvalue weighted by molar-refractivity contribution is 5.26. The number of ether oxygens (including phenoxy) is 1. The van der Waals surface area contributed by atoms with Gasteiger partial charge >= 0.3 is 0 Å². The quantitative estimate of drug-likeness (QED) is 0.821. The highest BCUT2D eigenvalue weighted by Gasteiger charge is 2.06. The third kappa shape index (κ3) is 4.67. The maximum Gasteiger partial charge on any atom is 0.0713 e. The smallest absolute Gasteiger partial charge is 0.0713 e. The minimum atomic E-state index is 0.0830. The minimum absolute atomic E-state index is 0.0830. The van der Waals surface area contributed by atoms with Gasteiger partial charge in [0.1, 0.15) is 0 Å². The molecule has 0 aliphatic rings. The Morgan fingerprint density at radius 3 is 2.52 bits per heavy atom. The van der Waals surface area contributed by atoms with Gasteiger partial charge in [0.25, 0.3) is 0 Å². The summed E-state index contributed by atoms with van der Waals surface area (Å²) in [4.78, 5) is 0. The summed E-state index contributed by atoms with van der Waals surface area (Å²) < 4.78 is 5.16. The number of rotatable bonds is 7. The molecule has 3 nitrogen and oxygen atoms in total. The molecule has 21 heavy (non-hydrogen) atoms. The molecule has 1 atom stereocenters. The van der Waals surface area contributed by atoms with E-state index < -0.39 is 0 Å². The standard InChI is InChI=1S/C18H23NO2/c1-14(18-8-4-6-16(10-18)12-20)19-11-15-5-3-7-17(9-15)13-21-2/h3-10,14,19-20H,11-13H2,1-2H3. The van der Waals surface area contributed by atoms with Crippen molar-refractivity contribution in [3.8, 4) is 0 Å². The molecular formula is C18H23NO2. The van der Waals surface area contributed by atoms with Crippen LogP contribution in [0.3, 0.4) is 0 Å². The van der Waals surface area contributed by atoms with Crippen LogP contribution in [0.1, 0.15) is 35.2 Å². The second-order valence-electron chi connectivity index (χ2n) is 5.26. The van der Waals surface area contributed by atoms with Crippen LogP contribution in [0.15, 0.2) is 48.5 Å². The topological polar surface area (TPSA) is 41.5 Å². The van der Waals surface area contributed by atoms with Crippen molar-refractivity contribution in [1.82, 2.24) is 5.32 Å². The molecule has 0 spiro atoms. The van der Waals surface area contributed by atoms with E-state index >= 15 is 0 Å². The van der Waals surface area contributed by atoms with Crippen molar-refractivity contribution in [3.63, 3.8) is 0 Å². The molecule has 2 aromatic carbocycles. The molecule has 0 saturated carbocycles. The molecule has 1 unspecified atom stereocenters. The molecule has 2 N–H and O–H groups in total. The molecule has 2 rings (SSSR count). The number of benzene rings is 2. The Hall–Kier alpha value is -1.68. The second-order valence-corrected chi connectivity index (χ2v) is 5.26. The predicted molar refractivity (Wildman–Crippen MR) is 84.8 cm³/mol. The van der Waals surface area contributed by atoms with E-state index in [-0.39, 0.29) is 12.6 Å². The lowest BCUT2D eigenvalue weighted by Gasteiger charge is -2.15. The highest BCUT2D eigenvalue weighted by Crippen LogP contribution is 2.15. The Labute approximate surface area is 126 Å². The first-order valence-corrected chi connectivity index (χ1v) is 7.22. The van der Waals surface area contributed by atoms with Gasteiger partial charge in [0.15, 0.2) is 0 Å². The summed E-state index contributed by atoms with van der Waals surface area (Å²) in [6.07, 6.45) is 0. The fourth-order valence-electron chi connectivity index (χ4n) is 2.35. The molecule has 112 valence electrons. The zero-order chi connectivity index (χ0) is 15.1. The van der Waals surface area contributed by atoms with E-state index in [1.165, 1.54) is 16.7 Å². The van der Waals surface area contributed by atoms with Gasteiger partial charge in [0.2, 0.25) is 0 Å². The van der Waals surface area contributed by atoms with Crippen LogP contribution in [0, 0.1) is 0 Å². The summed E-state index contributed by atoms with van der Waals surface area (Å²) >= 11 is 0. The molecule has 0 heterocycles. The zero-order valence-electron chi connectivity index (χ0n) is 12.7. The SMILES string of the molecule is COCc1cccc(CNC(C)c2cccc(CO)c2)c1. The summed E-state index contributed by atoms with van der Waals surface area (Å²) in [5.41, 5.74) is 4.57. The third-order valence-electron chi connectivity index (χ3n) is 3.55.